The highest BCUT2D eigenvalue weighted by molar-refractivity contribution is 5.96. The molecule has 0 fully saturated rings. The van der Waals surface area contributed by atoms with E-state index in [2.05, 4.69) is 0 Å². The lowest BCUT2D eigenvalue weighted by Gasteiger charge is -2.18. The number of anilines is 1. The fraction of sp³-hybridized carbons (Fsp3) is 0.125. The van der Waals surface area contributed by atoms with Gasteiger partial charge in [0.1, 0.15) is 5.75 Å². The molecule has 0 radical (unpaired) electrons. The van der Waals surface area contributed by atoms with E-state index in [1.807, 2.05) is 30.3 Å². The Morgan fingerprint density at radius 1 is 1.05 bits per heavy atom. The number of para-hydroxylation sites is 2. The van der Waals surface area contributed by atoms with Gasteiger partial charge in [0.05, 0.1) is 5.56 Å². The summed E-state index contributed by atoms with van der Waals surface area (Å²) in [6.07, 6.45) is 0. The predicted molar refractivity (Wildman–Crippen MR) is 80.3 cm³/mol. The summed E-state index contributed by atoms with van der Waals surface area (Å²) in [5.41, 5.74) is 6.29. The zero-order valence-corrected chi connectivity index (χ0v) is 11.7. The van der Waals surface area contributed by atoms with Crippen molar-refractivity contribution >= 4 is 17.5 Å². The first kappa shape index (κ1) is 14.6. The maximum absolute atomic E-state index is 12.1. The monoisotopic (exact) mass is 284 g/mol. The number of amides is 2. The number of likely N-dealkylation sites (N-methyl/N-ethyl adjacent to an activating group) is 1. The number of nitrogens with zero attached hydrogens (tertiary/aromatic N) is 1. The number of carbonyl (C=O) groups excluding carboxylic acids is 2. The molecule has 0 aliphatic heterocycles. The highest BCUT2D eigenvalue weighted by Gasteiger charge is 2.14. The summed E-state index contributed by atoms with van der Waals surface area (Å²) in [4.78, 5) is 24.8. The van der Waals surface area contributed by atoms with Crippen LogP contribution in [0.2, 0.25) is 0 Å². The van der Waals surface area contributed by atoms with E-state index in [0.29, 0.717) is 5.75 Å². The fourth-order valence-electron chi connectivity index (χ4n) is 1.83. The van der Waals surface area contributed by atoms with E-state index in [4.69, 9.17) is 10.5 Å². The van der Waals surface area contributed by atoms with E-state index in [1.165, 1.54) is 4.90 Å². The van der Waals surface area contributed by atoms with Gasteiger partial charge in [0.2, 0.25) is 0 Å². The summed E-state index contributed by atoms with van der Waals surface area (Å²) in [5.74, 6) is -0.505. The third-order valence-corrected chi connectivity index (χ3v) is 3.02. The molecule has 2 rings (SSSR count). The van der Waals surface area contributed by atoms with Gasteiger partial charge in [0.25, 0.3) is 11.8 Å². The molecular formula is C16H16N2O3. The van der Waals surface area contributed by atoms with Crippen molar-refractivity contribution in [1.29, 1.82) is 0 Å². The predicted octanol–water partition coefficient (Wildman–Crippen LogP) is 1.83. The molecular weight excluding hydrogens is 268 g/mol. The van der Waals surface area contributed by atoms with Crippen molar-refractivity contribution in [3.63, 3.8) is 0 Å². The summed E-state index contributed by atoms with van der Waals surface area (Å²) in [6.45, 7) is -0.171. The smallest absolute Gasteiger partial charge is 0.264 e. The summed E-state index contributed by atoms with van der Waals surface area (Å²) in [6, 6.07) is 15.8. The van der Waals surface area contributed by atoms with Crippen LogP contribution in [0.1, 0.15) is 10.4 Å². The third-order valence-electron chi connectivity index (χ3n) is 3.02. The topological polar surface area (TPSA) is 72.6 Å². The molecule has 5 nitrogen and oxygen atoms in total. The van der Waals surface area contributed by atoms with E-state index in [1.54, 1.807) is 31.3 Å². The molecule has 21 heavy (non-hydrogen) atoms. The lowest BCUT2D eigenvalue weighted by atomic mass is 10.2. The van der Waals surface area contributed by atoms with Crippen molar-refractivity contribution < 1.29 is 14.3 Å². The number of benzene rings is 2. The normalized spacial score (nSPS) is 9.95. The molecule has 0 bridgehead atoms. The third kappa shape index (κ3) is 3.60. The zero-order valence-electron chi connectivity index (χ0n) is 11.7. The molecule has 5 heteroatoms. The van der Waals surface area contributed by atoms with Crippen LogP contribution in [-0.4, -0.2) is 25.5 Å². The lowest BCUT2D eigenvalue weighted by molar-refractivity contribution is -0.120. The van der Waals surface area contributed by atoms with E-state index >= 15 is 0 Å². The lowest BCUT2D eigenvalue weighted by Crippen LogP contribution is -2.31. The van der Waals surface area contributed by atoms with Gasteiger partial charge in [-0.15, -0.1) is 0 Å². The number of rotatable bonds is 5. The van der Waals surface area contributed by atoms with Crippen molar-refractivity contribution in [3.05, 3.63) is 60.2 Å². The first-order valence-corrected chi connectivity index (χ1v) is 6.43. The Hall–Kier alpha value is -2.82. The van der Waals surface area contributed by atoms with E-state index in [-0.39, 0.29) is 18.1 Å². The number of hydrogen-bond acceptors (Lipinski definition) is 3. The highest BCUT2D eigenvalue weighted by Crippen LogP contribution is 2.18. The van der Waals surface area contributed by atoms with Gasteiger partial charge in [-0.1, -0.05) is 30.3 Å². The Morgan fingerprint density at radius 2 is 1.67 bits per heavy atom. The molecule has 2 amide bonds. The van der Waals surface area contributed by atoms with Gasteiger partial charge in [-0.05, 0) is 24.3 Å². The first-order valence-electron chi connectivity index (χ1n) is 6.43. The molecule has 0 spiro atoms. The molecule has 0 aliphatic carbocycles. The number of primary amides is 1. The summed E-state index contributed by atoms with van der Waals surface area (Å²) in [7, 11) is 1.67. The molecule has 0 saturated heterocycles. The molecule has 0 unspecified atom stereocenters. The van der Waals surface area contributed by atoms with Crippen LogP contribution in [0.5, 0.6) is 5.75 Å². The van der Waals surface area contributed by atoms with Crippen LogP contribution in [0.4, 0.5) is 5.69 Å². The van der Waals surface area contributed by atoms with Gasteiger partial charge >= 0.3 is 0 Å². The molecule has 0 saturated carbocycles. The van der Waals surface area contributed by atoms with Crippen molar-refractivity contribution in [2.45, 2.75) is 0 Å². The molecule has 2 aromatic carbocycles. The maximum Gasteiger partial charge on any atom is 0.264 e. The minimum Gasteiger partial charge on any atom is -0.483 e. The van der Waals surface area contributed by atoms with Gasteiger partial charge in [-0.3, -0.25) is 9.59 Å². The van der Waals surface area contributed by atoms with Crippen molar-refractivity contribution in [3.8, 4) is 5.75 Å². The number of ether oxygens (including phenoxy) is 1. The van der Waals surface area contributed by atoms with Crippen LogP contribution in [-0.2, 0) is 4.79 Å². The molecule has 2 N–H and O–H groups in total. The van der Waals surface area contributed by atoms with E-state index < -0.39 is 5.91 Å². The Morgan fingerprint density at radius 3 is 2.33 bits per heavy atom. The van der Waals surface area contributed by atoms with Crippen LogP contribution in [0.25, 0.3) is 0 Å². The van der Waals surface area contributed by atoms with Crippen LogP contribution < -0.4 is 15.4 Å². The molecule has 0 aliphatic rings. The Balaban J connectivity index is 2.03. The highest BCUT2D eigenvalue weighted by atomic mass is 16.5. The van der Waals surface area contributed by atoms with Gasteiger partial charge in [0, 0.05) is 12.7 Å². The molecule has 0 heterocycles. The maximum atomic E-state index is 12.1. The second-order valence-electron chi connectivity index (χ2n) is 4.44. The molecule has 0 aromatic heterocycles. The van der Waals surface area contributed by atoms with E-state index in [9.17, 15) is 9.59 Å². The SMILES string of the molecule is CN(C(=O)COc1ccccc1C(N)=O)c1ccccc1. The minimum atomic E-state index is -0.588. The Bertz CT molecular complexity index is 641. The fourth-order valence-corrected chi connectivity index (χ4v) is 1.83. The second kappa shape index (κ2) is 6.56. The number of hydrogen-bond donors (Lipinski definition) is 1. The first-order chi connectivity index (χ1) is 10.1. The van der Waals surface area contributed by atoms with Crippen molar-refractivity contribution in [1.82, 2.24) is 0 Å². The number of carbonyl (C=O) groups is 2. The number of nitrogens with two attached hydrogens (primary N) is 1. The van der Waals surface area contributed by atoms with Crippen molar-refractivity contribution in [2.24, 2.45) is 5.73 Å². The Labute approximate surface area is 122 Å². The van der Waals surface area contributed by atoms with Crippen LogP contribution in [0, 0.1) is 0 Å². The zero-order chi connectivity index (χ0) is 15.2. The molecule has 2 aromatic rings. The quantitative estimate of drug-likeness (QED) is 0.910. The summed E-state index contributed by atoms with van der Waals surface area (Å²) >= 11 is 0. The average Bonchev–Trinajstić information content (AvgIpc) is 2.52. The second-order valence-corrected chi connectivity index (χ2v) is 4.44. The van der Waals surface area contributed by atoms with Crippen molar-refractivity contribution in [2.75, 3.05) is 18.6 Å². The minimum absolute atomic E-state index is 0.171. The molecule has 108 valence electrons. The van der Waals surface area contributed by atoms with E-state index in [0.717, 1.165) is 5.69 Å². The Kier molecular flexibility index (Phi) is 4.56. The van der Waals surface area contributed by atoms with Gasteiger partial charge in [0.15, 0.2) is 6.61 Å². The van der Waals surface area contributed by atoms with Crippen LogP contribution in [0.3, 0.4) is 0 Å². The summed E-state index contributed by atoms with van der Waals surface area (Å²) in [5, 5.41) is 0. The summed E-state index contributed by atoms with van der Waals surface area (Å²) < 4.78 is 5.41. The van der Waals surface area contributed by atoms with Crippen LogP contribution >= 0.6 is 0 Å². The van der Waals surface area contributed by atoms with Crippen LogP contribution in [0.15, 0.2) is 54.6 Å². The molecule has 0 atom stereocenters. The largest absolute Gasteiger partial charge is 0.483 e. The standard InChI is InChI=1S/C16H16N2O3/c1-18(12-7-3-2-4-8-12)15(19)11-21-14-10-6-5-9-13(14)16(17)20/h2-10H,11H2,1H3,(H2,17,20). The average molecular weight is 284 g/mol. The van der Waals surface area contributed by atoms with Gasteiger partial charge < -0.3 is 15.4 Å². The van der Waals surface area contributed by atoms with Gasteiger partial charge in [-0.25, -0.2) is 0 Å². The van der Waals surface area contributed by atoms with Gasteiger partial charge in [-0.2, -0.15) is 0 Å².